The zero-order valence-corrected chi connectivity index (χ0v) is 21.8. The van der Waals surface area contributed by atoms with E-state index in [1.807, 2.05) is 32.3 Å². The molecule has 4 atom stereocenters. The average Bonchev–Trinajstić information content (AvgIpc) is 3.59. The molecule has 0 aliphatic heterocycles. The molecule has 1 heterocycles. The van der Waals surface area contributed by atoms with Crippen molar-refractivity contribution in [3.8, 4) is 11.4 Å². The van der Waals surface area contributed by atoms with Crippen molar-refractivity contribution in [2.24, 2.45) is 23.7 Å². The Balaban J connectivity index is 1.54. The number of fused-ring (bicyclic) bond motifs is 1. The molecule has 5 rings (SSSR count). The van der Waals surface area contributed by atoms with Crippen molar-refractivity contribution in [1.82, 2.24) is 9.55 Å². The molecule has 2 saturated carbocycles. The summed E-state index contributed by atoms with van der Waals surface area (Å²) in [6.07, 6.45) is 5.45. The number of rotatable bonds is 7. The molecule has 0 radical (unpaired) electrons. The lowest BCUT2D eigenvalue weighted by atomic mass is 9.75. The molecule has 186 valence electrons. The maximum absolute atomic E-state index is 14.0. The maximum atomic E-state index is 14.0. The van der Waals surface area contributed by atoms with E-state index in [1.165, 1.54) is 6.42 Å². The van der Waals surface area contributed by atoms with Gasteiger partial charge in [0.05, 0.1) is 11.0 Å². The predicted molar refractivity (Wildman–Crippen MR) is 142 cm³/mol. The van der Waals surface area contributed by atoms with E-state index in [0.717, 1.165) is 53.8 Å². The molecule has 3 aromatic rings. The first kappa shape index (κ1) is 23.9. The molecular weight excluding hydrogens is 434 g/mol. The fraction of sp³-hybridized carbons (Fsp3) is 0.533. The minimum Gasteiger partial charge on any atom is -0.461 e. The topological polar surface area (TPSA) is 47.4 Å². The van der Waals surface area contributed by atoms with E-state index >= 15 is 0 Å². The van der Waals surface area contributed by atoms with Gasteiger partial charge in [-0.05, 0) is 85.8 Å². The van der Waals surface area contributed by atoms with Gasteiger partial charge in [0.1, 0.15) is 18.0 Å². The fourth-order valence-electron chi connectivity index (χ4n) is 5.83. The van der Waals surface area contributed by atoms with Gasteiger partial charge in [0, 0.05) is 25.3 Å². The molecule has 0 amide bonds. The van der Waals surface area contributed by atoms with E-state index in [9.17, 15) is 4.79 Å². The van der Waals surface area contributed by atoms with Gasteiger partial charge in [-0.3, -0.25) is 0 Å². The number of imidazole rings is 1. The molecule has 1 unspecified atom stereocenters. The quantitative estimate of drug-likeness (QED) is 0.357. The van der Waals surface area contributed by atoms with Gasteiger partial charge in [-0.25, -0.2) is 9.78 Å². The van der Waals surface area contributed by atoms with Crippen LogP contribution < -0.4 is 4.90 Å². The minimum atomic E-state index is -0.337. The second kappa shape index (κ2) is 9.67. The van der Waals surface area contributed by atoms with Crippen molar-refractivity contribution >= 4 is 22.7 Å². The molecule has 0 bridgehead atoms. The summed E-state index contributed by atoms with van der Waals surface area (Å²) in [5, 5.41) is 0. The van der Waals surface area contributed by atoms with Crippen LogP contribution in [0.2, 0.25) is 0 Å². The summed E-state index contributed by atoms with van der Waals surface area (Å²) in [5.41, 5.74) is 4.09. The Kier molecular flexibility index (Phi) is 6.61. The van der Waals surface area contributed by atoms with Gasteiger partial charge < -0.3 is 14.2 Å². The first-order chi connectivity index (χ1) is 16.8. The third kappa shape index (κ3) is 4.82. The molecule has 2 aromatic carbocycles. The Morgan fingerprint density at radius 1 is 1.03 bits per heavy atom. The lowest BCUT2D eigenvalue weighted by Gasteiger charge is -2.37. The molecular formula is C30H39N3O2. The van der Waals surface area contributed by atoms with Crippen LogP contribution in [0, 0.1) is 23.7 Å². The molecule has 5 nitrogen and oxygen atoms in total. The van der Waals surface area contributed by atoms with Gasteiger partial charge in [0.25, 0.3) is 0 Å². The van der Waals surface area contributed by atoms with Crippen LogP contribution in [0.5, 0.6) is 0 Å². The van der Waals surface area contributed by atoms with Crippen LogP contribution in [0.4, 0.5) is 5.69 Å². The first-order valence-corrected chi connectivity index (χ1v) is 13.3. The number of anilines is 1. The third-order valence-corrected chi connectivity index (χ3v) is 8.05. The van der Waals surface area contributed by atoms with Crippen LogP contribution in [0.25, 0.3) is 22.4 Å². The maximum Gasteiger partial charge on any atom is 0.329 e. The number of ether oxygens (including phenoxy) is 1. The fourth-order valence-corrected chi connectivity index (χ4v) is 5.83. The van der Waals surface area contributed by atoms with Gasteiger partial charge in [0.15, 0.2) is 0 Å². The Bertz CT molecular complexity index is 1180. The van der Waals surface area contributed by atoms with Crippen molar-refractivity contribution in [2.45, 2.75) is 65.0 Å². The molecule has 0 saturated heterocycles. The number of hydrogen-bond acceptors (Lipinski definition) is 4. The largest absolute Gasteiger partial charge is 0.461 e. The van der Waals surface area contributed by atoms with Crippen molar-refractivity contribution in [2.75, 3.05) is 19.0 Å². The normalized spacial score (nSPS) is 23.4. The monoisotopic (exact) mass is 473 g/mol. The van der Waals surface area contributed by atoms with Crippen molar-refractivity contribution < 1.29 is 9.53 Å². The van der Waals surface area contributed by atoms with Crippen molar-refractivity contribution in [3.63, 3.8) is 0 Å². The number of carbonyl (C=O) groups excluding carboxylic acids is 1. The van der Waals surface area contributed by atoms with E-state index in [2.05, 4.69) is 60.6 Å². The summed E-state index contributed by atoms with van der Waals surface area (Å²) in [6.45, 7) is 6.81. The summed E-state index contributed by atoms with van der Waals surface area (Å²) in [6, 6.07) is 16.3. The van der Waals surface area contributed by atoms with Gasteiger partial charge in [0.2, 0.25) is 0 Å². The molecule has 0 N–H and O–H groups in total. The van der Waals surface area contributed by atoms with Crippen LogP contribution in [-0.2, 0) is 9.53 Å². The van der Waals surface area contributed by atoms with Crippen molar-refractivity contribution in [1.29, 1.82) is 0 Å². The SMILES string of the molecule is CC1CC[C@@H](C(C)C)[C@H](OC(=O)[C@@H](C2CC2)n2c(-c3ccc(N(C)C)cc3)nc3ccccc32)C1. The molecule has 2 fully saturated rings. The summed E-state index contributed by atoms with van der Waals surface area (Å²) >= 11 is 0. The smallest absolute Gasteiger partial charge is 0.329 e. The number of benzene rings is 2. The van der Waals surface area contributed by atoms with Crippen LogP contribution >= 0.6 is 0 Å². The highest BCUT2D eigenvalue weighted by atomic mass is 16.5. The predicted octanol–water partition coefficient (Wildman–Crippen LogP) is 6.72. The number of carbonyl (C=O) groups is 1. The van der Waals surface area contributed by atoms with Crippen molar-refractivity contribution in [3.05, 3.63) is 48.5 Å². The molecule has 1 aromatic heterocycles. The van der Waals surface area contributed by atoms with E-state index in [0.29, 0.717) is 23.7 Å². The highest BCUT2D eigenvalue weighted by molar-refractivity contribution is 5.85. The lowest BCUT2D eigenvalue weighted by Crippen LogP contribution is -2.38. The highest BCUT2D eigenvalue weighted by Crippen LogP contribution is 2.45. The average molecular weight is 474 g/mol. The zero-order chi connectivity index (χ0) is 24.7. The molecule has 2 aliphatic carbocycles. The van der Waals surface area contributed by atoms with Gasteiger partial charge in [-0.1, -0.05) is 39.3 Å². The summed E-state index contributed by atoms with van der Waals surface area (Å²) in [4.78, 5) is 21.1. The van der Waals surface area contributed by atoms with Gasteiger partial charge in [-0.2, -0.15) is 0 Å². The second-order valence-electron chi connectivity index (χ2n) is 11.3. The minimum absolute atomic E-state index is 0.00473. The number of esters is 1. The van der Waals surface area contributed by atoms with Crippen LogP contribution in [0.3, 0.4) is 0 Å². The summed E-state index contributed by atoms with van der Waals surface area (Å²) in [7, 11) is 4.08. The first-order valence-electron chi connectivity index (χ1n) is 13.3. The highest BCUT2D eigenvalue weighted by Gasteiger charge is 2.43. The number of aromatic nitrogens is 2. The summed E-state index contributed by atoms with van der Waals surface area (Å²) < 4.78 is 8.60. The van der Waals surface area contributed by atoms with E-state index in [1.54, 1.807) is 0 Å². The zero-order valence-electron chi connectivity index (χ0n) is 21.8. The number of para-hydroxylation sites is 2. The number of nitrogens with zero attached hydrogens (tertiary/aromatic N) is 3. The van der Waals surface area contributed by atoms with Crippen LogP contribution in [-0.4, -0.2) is 35.7 Å². The van der Waals surface area contributed by atoms with E-state index < -0.39 is 0 Å². The standard InChI is InChI=1S/C30H39N3O2/c1-19(2)24-17-10-20(3)18-27(24)35-30(34)28(21-11-12-21)33-26-9-7-6-8-25(26)31-29(33)22-13-15-23(16-14-22)32(4)5/h6-9,13-16,19-21,24,27-28H,10-12,17-18H2,1-5H3/t20?,24-,27+,28+/m0/s1. The summed E-state index contributed by atoms with van der Waals surface area (Å²) in [5.74, 6) is 2.63. The molecule has 0 spiro atoms. The van der Waals surface area contributed by atoms with Crippen LogP contribution in [0.1, 0.15) is 58.9 Å². The van der Waals surface area contributed by atoms with Gasteiger partial charge in [-0.15, -0.1) is 0 Å². The van der Waals surface area contributed by atoms with E-state index in [4.69, 9.17) is 9.72 Å². The lowest BCUT2D eigenvalue weighted by molar-refractivity contribution is -0.160. The Morgan fingerprint density at radius 3 is 2.40 bits per heavy atom. The van der Waals surface area contributed by atoms with Gasteiger partial charge >= 0.3 is 5.97 Å². The van der Waals surface area contributed by atoms with E-state index in [-0.39, 0.29) is 18.1 Å². The molecule has 2 aliphatic rings. The second-order valence-corrected chi connectivity index (χ2v) is 11.3. The Labute approximate surface area is 209 Å². The molecule has 35 heavy (non-hydrogen) atoms. The van der Waals surface area contributed by atoms with Crippen LogP contribution in [0.15, 0.2) is 48.5 Å². The Hall–Kier alpha value is -2.82. The Morgan fingerprint density at radius 2 is 1.74 bits per heavy atom. The number of hydrogen-bond donors (Lipinski definition) is 0. The third-order valence-electron chi connectivity index (χ3n) is 8.05. The molecule has 5 heteroatoms.